The highest BCUT2D eigenvalue weighted by atomic mass is 35.5. The molecule has 0 aliphatic rings. The van der Waals surface area contributed by atoms with Gasteiger partial charge in [-0.15, -0.1) is 11.6 Å². The van der Waals surface area contributed by atoms with Crippen molar-refractivity contribution in [3.63, 3.8) is 0 Å². The maximum absolute atomic E-state index is 5.88. The molecule has 0 unspecified atom stereocenters. The van der Waals surface area contributed by atoms with Gasteiger partial charge in [-0.1, -0.05) is 13.0 Å². The largest absolute Gasteiger partial charge is 0.494 e. The molecule has 0 aliphatic heterocycles. The van der Waals surface area contributed by atoms with Crippen molar-refractivity contribution in [2.24, 2.45) is 0 Å². The maximum atomic E-state index is 5.88. The number of hydrogen-bond acceptors (Lipinski definition) is 3. The summed E-state index contributed by atoms with van der Waals surface area (Å²) in [5.41, 5.74) is 0. The lowest BCUT2D eigenvalue weighted by Crippen LogP contribution is -2.00. The number of halogens is 1. The SMILES string of the molecule is CCCOc1ccc2c(OC)c(OCCCCCCl)ccc2c1. The van der Waals surface area contributed by atoms with Crippen LogP contribution in [-0.2, 0) is 0 Å². The Morgan fingerprint density at radius 1 is 0.957 bits per heavy atom. The minimum Gasteiger partial charge on any atom is -0.494 e. The van der Waals surface area contributed by atoms with E-state index in [0.717, 1.165) is 60.3 Å². The van der Waals surface area contributed by atoms with Gasteiger partial charge >= 0.3 is 0 Å². The lowest BCUT2D eigenvalue weighted by molar-refractivity contribution is 0.287. The van der Waals surface area contributed by atoms with Crippen LogP contribution in [-0.4, -0.2) is 26.2 Å². The Kier molecular flexibility index (Phi) is 7.34. The minimum atomic E-state index is 0.677. The molecule has 0 aliphatic carbocycles. The van der Waals surface area contributed by atoms with E-state index in [4.69, 9.17) is 25.8 Å². The molecule has 0 atom stereocenters. The van der Waals surface area contributed by atoms with Crippen LogP contribution in [0.4, 0.5) is 0 Å². The molecule has 2 rings (SSSR count). The van der Waals surface area contributed by atoms with Crippen molar-refractivity contribution in [2.75, 3.05) is 26.2 Å². The topological polar surface area (TPSA) is 27.7 Å². The molecule has 0 saturated heterocycles. The first kappa shape index (κ1) is 17.7. The maximum Gasteiger partial charge on any atom is 0.168 e. The van der Waals surface area contributed by atoms with E-state index < -0.39 is 0 Å². The van der Waals surface area contributed by atoms with Gasteiger partial charge in [0.15, 0.2) is 11.5 Å². The Hall–Kier alpha value is -1.61. The molecule has 0 fully saturated rings. The van der Waals surface area contributed by atoms with Crippen molar-refractivity contribution in [1.82, 2.24) is 0 Å². The highest BCUT2D eigenvalue weighted by Crippen LogP contribution is 2.37. The number of rotatable bonds is 10. The van der Waals surface area contributed by atoms with E-state index in [2.05, 4.69) is 6.92 Å². The second kappa shape index (κ2) is 9.51. The molecule has 0 heterocycles. The van der Waals surface area contributed by atoms with Crippen LogP contribution >= 0.6 is 11.6 Å². The van der Waals surface area contributed by atoms with Gasteiger partial charge in [0.2, 0.25) is 0 Å². The standard InChI is InChI=1S/C19H25ClO3/c1-3-12-22-16-8-9-17-15(14-16)7-10-18(19(17)21-2)23-13-6-4-5-11-20/h7-10,14H,3-6,11-13H2,1-2H3. The van der Waals surface area contributed by atoms with Gasteiger partial charge in [-0.05, 0) is 55.3 Å². The fourth-order valence-electron chi connectivity index (χ4n) is 2.45. The number of fused-ring (bicyclic) bond motifs is 1. The van der Waals surface area contributed by atoms with E-state index in [9.17, 15) is 0 Å². The quantitative estimate of drug-likeness (QED) is 0.428. The molecule has 0 amide bonds. The summed E-state index contributed by atoms with van der Waals surface area (Å²) in [5, 5.41) is 2.12. The second-order valence-corrected chi connectivity index (χ2v) is 5.80. The van der Waals surface area contributed by atoms with Crippen molar-refractivity contribution in [3.05, 3.63) is 30.3 Å². The zero-order chi connectivity index (χ0) is 16.5. The van der Waals surface area contributed by atoms with Crippen molar-refractivity contribution in [3.8, 4) is 17.2 Å². The third kappa shape index (κ3) is 4.93. The van der Waals surface area contributed by atoms with E-state index in [0.29, 0.717) is 12.5 Å². The summed E-state index contributed by atoms with van der Waals surface area (Å²) in [6, 6.07) is 10.1. The van der Waals surface area contributed by atoms with Gasteiger partial charge in [0, 0.05) is 11.3 Å². The van der Waals surface area contributed by atoms with E-state index in [-0.39, 0.29) is 0 Å². The summed E-state index contributed by atoms with van der Waals surface area (Å²) in [5.74, 6) is 3.16. The first-order valence-corrected chi connectivity index (χ1v) is 8.76. The minimum absolute atomic E-state index is 0.677. The van der Waals surface area contributed by atoms with Crippen LogP contribution in [0.15, 0.2) is 30.3 Å². The van der Waals surface area contributed by atoms with Gasteiger partial charge in [-0.2, -0.15) is 0 Å². The Labute approximate surface area is 143 Å². The van der Waals surface area contributed by atoms with Crippen LogP contribution in [0.5, 0.6) is 17.2 Å². The number of methoxy groups -OCH3 is 1. The van der Waals surface area contributed by atoms with Gasteiger partial charge in [-0.25, -0.2) is 0 Å². The molecule has 0 N–H and O–H groups in total. The molecule has 0 bridgehead atoms. The Bertz CT molecular complexity index is 613. The van der Waals surface area contributed by atoms with Crippen LogP contribution in [0.25, 0.3) is 10.8 Å². The molecule has 0 aromatic heterocycles. The molecule has 2 aromatic carbocycles. The van der Waals surface area contributed by atoms with Crippen LogP contribution < -0.4 is 14.2 Å². The molecule has 0 spiro atoms. The summed E-state index contributed by atoms with van der Waals surface area (Å²) < 4.78 is 17.1. The molecule has 2 aromatic rings. The zero-order valence-electron chi connectivity index (χ0n) is 13.9. The van der Waals surface area contributed by atoms with Gasteiger partial charge in [0.05, 0.1) is 20.3 Å². The zero-order valence-corrected chi connectivity index (χ0v) is 14.7. The van der Waals surface area contributed by atoms with Crippen molar-refractivity contribution >= 4 is 22.4 Å². The number of hydrogen-bond donors (Lipinski definition) is 0. The second-order valence-electron chi connectivity index (χ2n) is 5.43. The molecule has 23 heavy (non-hydrogen) atoms. The molecular formula is C19H25ClO3. The summed E-state index contributed by atoms with van der Waals surface area (Å²) in [7, 11) is 1.68. The number of benzene rings is 2. The smallest absolute Gasteiger partial charge is 0.168 e. The predicted molar refractivity (Wildman–Crippen MR) is 96.4 cm³/mol. The Morgan fingerprint density at radius 2 is 1.83 bits per heavy atom. The predicted octanol–water partition coefficient (Wildman–Crippen LogP) is 5.43. The lowest BCUT2D eigenvalue weighted by atomic mass is 10.1. The van der Waals surface area contributed by atoms with Crippen LogP contribution in [0, 0.1) is 0 Å². The first-order valence-electron chi connectivity index (χ1n) is 8.22. The van der Waals surface area contributed by atoms with Crippen LogP contribution in [0.1, 0.15) is 32.6 Å². The molecule has 0 saturated carbocycles. The Morgan fingerprint density at radius 3 is 2.57 bits per heavy atom. The molecule has 126 valence electrons. The Balaban J connectivity index is 2.13. The number of unbranched alkanes of at least 4 members (excludes halogenated alkanes) is 2. The van der Waals surface area contributed by atoms with Gasteiger partial charge in [-0.3, -0.25) is 0 Å². The summed E-state index contributed by atoms with van der Waals surface area (Å²) in [6.07, 6.45) is 4.10. The third-order valence-electron chi connectivity index (χ3n) is 3.62. The lowest BCUT2D eigenvalue weighted by Gasteiger charge is -2.14. The highest BCUT2D eigenvalue weighted by Gasteiger charge is 2.10. The monoisotopic (exact) mass is 336 g/mol. The first-order chi connectivity index (χ1) is 11.3. The van der Waals surface area contributed by atoms with E-state index in [1.165, 1.54) is 0 Å². The highest BCUT2D eigenvalue weighted by molar-refractivity contribution is 6.17. The molecule has 3 nitrogen and oxygen atoms in total. The van der Waals surface area contributed by atoms with Crippen molar-refractivity contribution in [2.45, 2.75) is 32.6 Å². The van der Waals surface area contributed by atoms with Crippen LogP contribution in [0.2, 0.25) is 0 Å². The fourth-order valence-corrected chi connectivity index (χ4v) is 2.64. The summed E-state index contributed by atoms with van der Waals surface area (Å²) >= 11 is 5.68. The summed E-state index contributed by atoms with van der Waals surface area (Å²) in [4.78, 5) is 0. The van der Waals surface area contributed by atoms with E-state index >= 15 is 0 Å². The normalized spacial score (nSPS) is 10.7. The van der Waals surface area contributed by atoms with Crippen molar-refractivity contribution in [1.29, 1.82) is 0 Å². The molecule has 4 heteroatoms. The fraction of sp³-hybridized carbons (Fsp3) is 0.474. The molecule has 0 radical (unpaired) electrons. The van der Waals surface area contributed by atoms with E-state index in [1.807, 2.05) is 30.3 Å². The third-order valence-corrected chi connectivity index (χ3v) is 3.89. The number of alkyl halides is 1. The van der Waals surface area contributed by atoms with Crippen molar-refractivity contribution < 1.29 is 14.2 Å². The van der Waals surface area contributed by atoms with Gasteiger partial charge in [0.1, 0.15) is 5.75 Å². The van der Waals surface area contributed by atoms with Gasteiger partial charge in [0.25, 0.3) is 0 Å². The van der Waals surface area contributed by atoms with Crippen LogP contribution in [0.3, 0.4) is 0 Å². The average molecular weight is 337 g/mol. The molecular weight excluding hydrogens is 312 g/mol. The van der Waals surface area contributed by atoms with Gasteiger partial charge < -0.3 is 14.2 Å². The summed E-state index contributed by atoms with van der Waals surface area (Å²) in [6.45, 7) is 3.50. The van der Waals surface area contributed by atoms with E-state index in [1.54, 1.807) is 7.11 Å². The average Bonchev–Trinajstić information content (AvgIpc) is 2.59. The number of ether oxygens (including phenoxy) is 3.